The van der Waals surface area contributed by atoms with Crippen LogP contribution in [0.1, 0.15) is 5.56 Å². The minimum atomic E-state index is -2.16. The average molecular weight is 436 g/mol. The van der Waals surface area contributed by atoms with Crippen LogP contribution in [0.5, 0.6) is 0 Å². The van der Waals surface area contributed by atoms with Crippen LogP contribution in [0.25, 0.3) is 0 Å². The van der Waals surface area contributed by atoms with Crippen molar-refractivity contribution in [2.45, 2.75) is 6.92 Å². The van der Waals surface area contributed by atoms with Crippen LogP contribution < -0.4 is 51.4 Å². The van der Waals surface area contributed by atoms with E-state index in [1.165, 1.54) is 18.6 Å². The third kappa shape index (κ3) is 3.33. The number of aromatic nitrogens is 8. The number of rotatable bonds is 4. The Kier molecular flexibility index (Phi) is 6.05. The first-order valence-corrected chi connectivity index (χ1v) is 8.41. The van der Waals surface area contributed by atoms with Gasteiger partial charge in [0.25, 0.3) is 0 Å². The normalized spacial score (nSPS) is 11.5. The van der Waals surface area contributed by atoms with Crippen molar-refractivity contribution < 1.29 is 51.4 Å². The van der Waals surface area contributed by atoms with Crippen molar-refractivity contribution in [1.82, 2.24) is 38.8 Å². The van der Waals surface area contributed by atoms with E-state index in [0.717, 1.165) is 5.56 Å². The van der Waals surface area contributed by atoms with Gasteiger partial charge in [-0.2, -0.15) is 0 Å². The van der Waals surface area contributed by atoms with E-state index < -0.39 is 6.69 Å². The Hall–Kier alpha value is -0.589. The molecule has 13 heteroatoms. The van der Waals surface area contributed by atoms with Crippen LogP contribution in [0.4, 0.5) is 0 Å². The van der Waals surface area contributed by atoms with Gasteiger partial charge in [0.15, 0.2) is 0 Å². The first kappa shape index (κ1) is 20.2. The van der Waals surface area contributed by atoms with Crippen molar-refractivity contribution in [2.75, 3.05) is 0 Å². The van der Waals surface area contributed by atoms with Gasteiger partial charge in [-0.15, -0.1) is 0 Å². The fourth-order valence-corrected chi connectivity index (χ4v) is 3.29. The minimum Gasteiger partial charge on any atom is -0.379 e. The fraction of sp³-hybridized carbons (Fsp3) is 0.0769. The second-order valence-electron chi connectivity index (χ2n) is 5.61. The Morgan fingerprint density at radius 1 is 0.654 bits per heavy atom. The zero-order chi connectivity index (χ0) is 17.6. The van der Waals surface area contributed by atoms with Gasteiger partial charge >= 0.3 is 58.1 Å². The van der Waals surface area contributed by atoms with Crippen molar-refractivity contribution in [3.05, 3.63) is 70.2 Å². The third-order valence-corrected chi connectivity index (χ3v) is 4.45. The van der Waals surface area contributed by atoms with Crippen molar-refractivity contribution in [3.8, 4) is 0 Å². The van der Waals surface area contributed by atoms with Crippen molar-refractivity contribution >= 4 is 41.5 Å². The smallest absolute Gasteiger partial charge is 0.379 e. The molecule has 0 radical (unpaired) electrons. The second kappa shape index (κ2) is 7.80. The van der Waals surface area contributed by atoms with Gasteiger partial charge in [-0.3, -0.25) is 0 Å². The number of hydrogen-bond donors (Lipinski definition) is 0. The third-order valence-electron chi connectivity index (χ3n) is 3.86. The van der Waals surface area contributed by atoms with Crippen LogP contribution in [0.3, 0.4) is 0 Å². The van der Waals surface area contributed by atoms with E-state index in [9.17, 15) is 0 Å². The molecule has 0 N–H and O–H groups in total. The maximum absolute atomic E-state index is 6.13. The molecule has 4 aromatic rings. The Morgan fingerprint density at radius 3 is 1.27 bits per heavy atom. The molecule has 8 nitrogen and oxygen atoms in total. The average Bonchev–Trinajstić information content (AvgIpc) is 3.33. The van der Waals surface area contributed by atoms with Crippen LogP contribution in [0.15, 0.2) is 49.6 Å². The molecule has 0 spiro atoms. The predicted octanol–water partition coefficient (Wildman–Crippen LogP) is -0.326. The second-order valence-corrected chi connectivity index (χ2v) is 6.92. The molecule has 4 rings (SSSR count). The summed E-state index contributed by atoms with van der Waals surface area (Å²) in [4.78, 5) is 0. The molecule has 0 fully saturated rings. The molecule has 4 heterocycles. The maximum atomic E-state index is 6.13. The zero-order valence-electron chi connectivity index (χ0n) is 13.9. The molecular weight excluding hydrogens is 424 g/mol. The molecule has 0 bridgehead atoms. The van der Waals surface area contributed by atoms with Gasteiger partial charge in [-0.25, -0.2) is 20.4 Å². The summed E-state index contributed by atoms with van der Waals surface area (Å²) in [6.45, 7) is -0.226. The first-order chi connectivity index (χ1) is 12.0. The van der Waals surface area contributed by atoms with Crippen LogP contribution >= 0.6 is 34.8 Å². The van der Waals surface area contributed by atoms with Gasteiger partial charge in [0.05, 0.1) is 33.7 Å². The van der Waals surface area contributed by atoms with E-state index >= 15 is 0 Å². The molecule has 0 unspecified atom stereocenters. The molecule has 128 valence electrons. The fourth-order valence-electron chi connectivity index (χ4n) is 2.86. The van der Waals surface area contributed by atoms with Gasteiger partial charge in [0.2, 0.25) is 0 Å². The molecule has 0 atom stereocenters. The number of halogens is 3. The zero-order valence-corrected chi connectivity index (χ0v) is 19.3. The minimum absolute atomic E-state index is 0. The van der Waals surface area contributed by atoms with Crippen LogP contribution in [0, 0.1) is 6.92 Å². The molecule has 26 heavy (non-hydrogen) atoms. The quantitative estimate of drug-likeness (QED) is 0.412. The standard InChI is InChI=1S/C13H11BCl3N8.K/c1-10-2-18-22(6-10)14(23-7-11(15)3-19-23,24-8-12(16)4-20-24)25-9-13(17)5-21-25;/h2-9H,1H3;/q-1;+1. The summed E-state index contributed by atoms with van der Waals surface area (Å²) in [7, 11) is 0. The molecule has 0 saturated carbocycles. The van der Waals surface area contributed by atoms with Gasteiger partial charge in [0, 0.05) is 24.8 Å². The SMILES string of the molecule is Cc1cnn([B-](n2cc(Cl)cn2)(n2cc(Cl)cn2)n2cc(Cl)cn2)c1.[K+]. The van der Waals surface area contributed by atoms with E-state index in [2.05, 4.69) is 20.4 Å². The first-order valence-electron chi connectivity index (χ1n) is 7.27. The van der Waals surface area contributed by atoms with Crippen molar-refractivity contribution in [2.24, 2.45) is 0 Å². The summed E-state index contributed by atoms with van der Waals surface area (Å²) < 4.78 is 6.63. The predicted molar refractivity (Wildman–Crippen MR) is 96.0 cm³/mol. The Labute approximate surface area is 206 Å². The van der Waals surface area contributed by atoms with Crippen LogP contribution in [-0.4, -0.2) is 45.5 Å². The monoisotopic (exact) mass is 434 g/mol. The number of hydrogen-bond acceptors (Lipinski definition) is 4. The summed E-state index contributed by atoms with van der Waals surface area (Å²) in [6, 6.07) is 0. The topological polar surface area (TPSA) is 71.3 Å². The van der Waals surface area contributed by atoms with E-state index in [1.807, 2.05) is 13.1 Å². The molecule has 0 aromatic carbocycles. The van der Waals surface area contributed by atoms with Gasteiger partial charge in [0.1, 0.15) is 0 Å². The van der Waals surface area contributed by atoms with Crippen molar-refractivity contribution in [1.29, 1.82) is 0 Å². The van der Waals surface area contributed by atoms with Gasteiger partial charge in [-0.05, 0) is 18.7 Å². The van der Waals surface area contributed by atoms with E-state index in [4.69, 9.17) is 34.8 Å². The van der Waals surface area contributed by atoms with Crippen molar-refractivity contribution in [3.63, 3.8) is 0 Å². The Balaban J connectivity index is 0.00000196. The summed E-state index contributed by atoms with van der Waals surface area (Å²) in [5.74, 6) is 0. The molecule has 0 saturated heterocycles. The van der Waals surface area contributed by atoms with Crippen LogP contribution in [0.2, 0.25) is 15.1 Å². The van der Waals surface area contributed by atoms with Gasteiger partial charge < -0.3 is 18.4 Å². The molecule has 4 aromatic heterocycles. The summed E-state index contributed by atoms with van der Waals surface area (Å²) in [5, 5.41) is 19.0. The molecule has 0 aliphatic rings. The van der Waals surface area contributed by atoms with E-state index in [-0.39, 0.29) is 51.4 Å². The van der Waals surface area contributed by atoms with E-state index in [0.29, 0.717) is 15.1 Å². The molecule has 0 aliphatic heterocycles. The van der Waals surface area contributed by atoms with Gasteiger partial charge in [-0.1, -0.05) is 34.8 Å². The molecule has 0 amide bonds. The maximum Gasteiger partial charge on any atom is 1.00 e. The number of aryl methyl sites for hydroxylation is 1. The Bertz CT molecular complexity index is 871. The number of nitrogens with zero attached hydrogens (tertiary/aromatic N) is 8. The molecular formula is C13H11BCl3KN8. The summed E-state index contributed by atoms with van der Waals surface area (Å²) in [6.07, 6.45) is 13.2. The summed E-state index contributed by atoms with van der Waals surface area (Å²) >= 11 is 18.4. The summed E-state index contributed by atoms with van der Waals surface area (Å²) in [5.41, 5.74) is 0.959. The Morgan fingerprint density at radius 2 is 1.00 bits per heavy atom. The largest absolute Gasteiger partial charge is 1.00 e. The molecule has 0 aliphatic carbocycles. The van der Waals surface area contributed by atoms with E-state index in [1.54, 1.807) is 43.2 Å². The van der Waals surface area contributed by atoms with Crippen LogP contribution in [-0.2, 0) is 0 Å².